The quantitative estimate of drug-likeness (QED) is 0.194. The molecule has 2 fully saturated rings. The summed E-state index contributed by atoms with van der Waals surface area (Å²) in [6.07, 6.45) is 3.74. The Hall–Kier alpha value is -3.28. The summed E-state index contributed by atoms with van der Waals surface area (Å²) in [7, 11) is 0. The molecule has 194 valence electrons. The Balaban J connectivity index is 1.41. The lowest BCUT2D eigenvalue weighted by Gasteiger charge is -2.17. The van der Waals surface area contributed by atoms with Gasteiger partial charge >= 0.3 is 0 Å². The van der Waals surface area contributed by atoms with Crippen LogP contribution in [0.3, 0.4) is 0 Å². The predicted molar refractivity (Wildman–Crippen MR) is 139 cm³/mol. The van der Waals surface area contributed by atoms with Crippen LogP contribution in [-0.2, 0) is 21.8 Å². The minimum absolute atomic E-state index is 0.0261. The Kier molecular flexibility index (Phi) is 7.82. The van der Waals surface area contributed by atoms with E-state index < -0.39 is 4.92 Å². The van der Waals surface area contributed by atoms with Crippen LogP contribution >= 0.6 is 11.8 Å². The van der Waals surface area contributed by atoms with Crippen LogP contribution in [0.1, 0.15) is 41.6 Å². The average Bonchev–Trinajstić information content (AvgIpc) is 3.62. The average molecular weight is 525 g/mol. The molecule has 0 spiro atoms. The molecule has 3 heterocycles. The van der Waals surface area contributed by atoms with Crippen molar-refractivity contribution in [3.63, 3.8) is 0 Å². The van der Waals surface area contributed by atoms with Gasteiger partial charge in [-0.1, -0.05) is 23.9 Å². The fraction of sp³-hybridized carbons (Fsp3) is 0.423. The number of carbonyl (C=O) groups is 1. The van der Waals surface area contributed by atoms with E-state index in [1.807, 2.05) is 0 Å². The van der Waals surface area contributed by atoms with Gasteiger partial charge in [-0.05, 0) is 49.4 Å². The summed E-state index contributed by atoms with van der Waals surface area (Å²) in [5, 5.41) is 14.8. The molecule has 1 aromatic heterocycles. The number of thioether (sulfide) groups is 1. The van der Waals surface area contributed by atoms with Gasteiger partial charge in [0.1, 0.15) is 0 Å². The van der Waals surface area contributed by atoms with E-state index in [1.54, 1.807) is 34.9 Å². The third kappa shape index (κ3) is 6.00. The Morgan fingerprint density at radius 2 is 1.84 bits per heavy atom. The van der Waals surface area contributed by atoms with Crippen LogP contribution in [0.2, 0.25) is 0 Å². The molecule has 10 nitrogen and oxygen atoms in total. The second kappa shape index (κ2) is 11.4. The van der Waals surface area contributed by atoms with Crippen molar-refractivity contribution < 1.29 is 19.2 Å². The summed E-state index contributed by atoms with van der Waals surface area (Å²) in [5.74, 6) is 0.242. The van der Waals surface area contributed by atoms with Gasteiger partial charge in [-0.3, -0.25) is 24.3 Å². The molecule has 11 heteroatoms. The zero-order valence-electron chi connectivity index (χ0n) is 20.3. The van der Waals surface area contributed by atoms with E-state index in [0.29, 0.717) is 47.1 Å². The van der Waals surface area contributed by atoms with Gasteiger partial charge < -0.3 is 14.8 Å². The second-order valence-electron chi connectivity index (χ2n) is 9.23. The first-order valence-corrected chi connectivity index (χ1v) is 13.4. The molecule has 0 radical (unpaired) electrons. The highest BCUT2D eigenvalue weighted by atomic mass is 32.2. The molecule has 5 rings (SSSR count). The van der Waals surface area contributed by atoms with Gasteiger partial charge in [-0.15, -0.1) is 0 Å². The number of nitrogens with one attached hydrogen (secondary N) is 1. The molecule has 2 aliphatic rings. The van der Waals surface area contributed by atoms with E-state index in [9.17, 15) is 19.7 Å². The van der Waals surface area contributed by atoms with Crippen LogP contribution in [0.4, 0.5) is 5.69 Å². The third-order valence-electron chi connectivity index (χ3n) is 6.62. The number of aromatic nitrogens is 2. The van der Waals surface area contributed by atoms with E-state index in [-0.39, 0.29) is 29.4 Å². The number of nitrogens with zero attached hydrogens (tertiary/aromatic N) is 3. The first kappa shape index (κ1) is 25.4. The highest BCUT2D eigenvalue weighted by Crippen LogP contribution is 2.25. The first-order chi connectivity index (χ1) is 18.0. The van der Waals surface area contributed by atoms with Crippen LogP contribution in [0.25, 0.3) is 10.9 Å². The lowest BCUT2D eigenvalue weighted by atomic mass is 10.1. The lowest BCUT2D eigenvalue weighted by molar-refractivity contribution is -0.384. The van der Waals surface area contributed by atoms with Gasteiger partial charge in [-0.2, -0.15) is 0 Å². The first-order valence-electron chi connectivity index (χ1n) is 12.4. The van der Waals surface area contributed by atoms with Crippen molar-refractivity contribution in [1.29, 1.82) is 0 Å². The Morgan fingerprint density at radius 1 is 1.11 bits per heavy atom. The predicted octanol–water partition coefficient (Wildman–Crippen LogP) is 3.68. The van der Waals surface area contributed by atoms with Crippen molar-refractivity contribution in [3.8, 4) is 0 Å². The maximum atomic E-state index is 13.5. The summed E-state index contributed by atoms with van der Waals surface area (Å²) in [5.41, 5.74) is 1.59. The standard InChI is InChI=1S/C26H28N4O6S/c31-24(27-14-20-3-1-11-35-20)18-7-10-22-23(13-18)28-26(29(25(22)32)15-21-4-2-12-36-21)37-16-17-5-8-19(9-6-17)30(33)34/h5-10,13,20-21H,1-4,11-12,14-16H2,(H,27,31)/t20-,21-/m1/s1. The van der Waals surface area contributed by atoms with Gasteiger partial charge in [0, 0.05) is 43.2 Å². The van der Waals surface area contributed by atoms with E-state index >= 15 is 0 Å². The topological polar surface area (TPSA) is 126 Å². The normalized spacial score (nSPS) is 19.4. The molecule has 0 saturated carbocycles. The molecule has 1 amide bonds. The van der Waals surface area contributed by atoms with Gasteiger partial charge in [-0.25, -0.2) is 4.98 Å². The Labute approximate surface area is 217 Å². The maximum absolute atomic E-state index is 13.5. The maximum Gasteiger partial charge on any atom is 0.269 e. The number of non-ortho nitro benzene ring substituents is 1. The van der Waals surface area contributed by atoms with Crippen molar-refractivity contribution in [3.05, 3.63) is 74.1 Å². The van der Waals surface area contributed by atoms with E-state index in [4.69, 9.17) is 14.5 Å². The number of hydrogen-bond acceptors (Lipinski definition) is 8. The number of nitro benzene ring substituents is 1. The molecule has 2 aromatic carbocycles. The smallest absolute Gasteiger partial charge is 0.269 e. The van der Waals surface area contributed by atoms with Crippen molar-refractivity contribution in [1.82, 2.24) is 14.9 Å². The highest BCUT2D eigenvalue weighted by molar-refractivity contribution is 7.98. The molecular formula is C26H28N4O6S. The summed E-state index contributed by atoms with van der Waals surface area (Å²) in [6.45, 7) is 2.24. The summed E-state index contributed by atoms with van der Waals surface area (Å²) >= 11 is 1.38. The number of fused-ring (bicyclic) bond motifs is 1. The largest absolute Gasteiger partial charge is 0.376 e. The van der Waals surface area contributed by atoms with E-state index in [0.717, 1.165) is 37.9 Å². The van der Waals surface area contributed by atoms with Crippen molar-refractivity contribution >= 4 is 34.3 Å². The Morgan fingerprint density at radius 3 is 2.51 bits per heavy atom. The molecule has 2 saturated heterocycles. The molecule has 0 unspecified atom stereocenters. The SMILES string of the molecule is O=C(NC[C@H]1CCCO1)c1ccc2c(=O)n(C[C@H]3CCCO3)c(SCc3ccc([N+](=O)[O-])cc3)nc2c1. The fourth-order valence-electron chi connectivity index (χ4n) is 4.58. The zero-order valence-corrected chi connectivity index (χ0v) is 21.1. The summed E-state index contributed by atoms with van der Waals surface area (Å²) in [6, 6.07) is 11.3. The van der Waals surface area contributed by atoms with Crippen molar-refractivity contribution in [2.24, 2.45) is 0 Å². The molecule has 2 atom stereocenters. The Bertz CT molecular complexity index is 1350. The van der Waals surface area contributed by atoms with Gasteiger partial charge in [0.25, 0.3) is 17.2 Å². The molecule has 1 N–H and O–H groups in total. The summed E-state index contributed by atoms with van der Waals surface area (Å²) in [4.78, 5) is 41.6. The van der Waals surface area contributed by atoms with Crippen LogP contribution in [0, 0.1) is 10.1 Å². The van der Waals surface area contributed by atoms with Crippen LogP contribution in [0.15, 0.2) is 52.4 Å². The molecular weight excluding hydrogens is 496 g/mol. The molecule has 0 aliphatic carbocycles. The molecule has 2 aliphatic heterocycles. The number of benzene rings is 2. The lowest BCUT2D eigenvalue weighted by Crippen LogP contribution is -2.32. The van der Waals surface area contributed by atoms with Gasteiger partial charge in [0.05, 0.1) is 34.6 Å². The number of ether oxygens (including phenoxy) is 2. The molecule has 0 bridgehead atoms. The van der Waals surface area contributed by atoms with Crippen LogP contribution in [0.5, 0.6) is 0 Å². The third-order valence-corrected chi connectivity index (χ3v) is 7.67. The molecule has 37 heavy (non-hydrogen) atoms. The van der Waals surface area contributed by atoms with Crippen molar-refractivity contribution in [2.75, 3.05) is 19.8 Å². The summed E-state index contributed by atoms with van der Waals surface area (Å²) < 4.78 is 13.0. The molecule has 3 aromatic rings. The minimum Gasteiger partial charge on any atom is -0.376 e. The number of amides is 1. The van der Waals surface area contributed by atoms with Gasteiger partial charge in [0.15, 0.2) is 5.16 Å². The van der Waals surface area contributed by atoms with E-state index in [1.165, 1.54) is 23.9 Å². The van der Waals surface area contributed by atoms with Crippen molar-refractivity contribution in [2.45, 2.75) is 55.3 Å². The number of nitro groups is 1. The van der Waals surface area contributed by atoms with Crippen LogP contribution < -0.4 is 10.9 Å². The number of rotatable bonds is 9. The van der Waals surface area contributed by atoms with E-state index in [2.05, 4.69) is 5.32 Å². The van der Waals surface area contributed by atoms with Gasteiger partial charge in [0.2, 0.25) is 0 Å². The zero-order chi connectivity index (χ0) is 25.8. The second-order valence-corrected chi connectivity index (χ2v) is 10.2. The fourth-order valence-corrected chi connectivity index (χ4v) is 5.55. The monoisotopic (exact) mass is 524 g/mol. The number of carbonyl (C=O) groups excluding carboxylic acids is 1. The van der Waals surface area contributed by atoms with Crippen LogP contribution in [-0.4, -0.2) is 52.3 Å². The highest BCUT2D eigenvalue weighted by Gasteiger charge is 2.22. The minimum atomic E-state index is -0.435. The number of hydrogen-bond donors (Lipinski definition) is 1.